The highest BCUT2D eigenvalue weighted by atomic mass is 14.8. The molecule has 0 aliphatic carbocycles. The van der Waals surface area contributed by atoms with Crippen LogP contribution in [0.2, 0.25) is 0 Å². The Kier molecular flexibility index (Phi) is 3.07. The molecule has 0 fully saturated rings. The lowest BCUT2D eigenvalue weighted by Gasteiger charge is -2.05. The summed E-state index contributed by atoms with van der Waals surface area (Å²) in [5.74, 6) is 1.13. The van der Waals surface area contributed by atoms with Gasteiger partial charge >= 0.3 is 0 Å². The lowest BCUT2D eigenvalue weighted by atomic mass is 10.0. The van der Waals surface area contributed by atoms with Crippen molar-refractivity contribution in [2.45, 2.75) is 26.7 Å². The molecule has 2 N–H and O–H groups in total. The summed E-state index contributed by atoms with van der Waals surface area (Å²) >= 11 is 0. The topological polar surface area (TPSA) is 38.4 Å². The molecule has 0 heterocycles. The Bertz CT molecular complexity index is 310. The van der Waals surface area contributed by atoms with Gasteiger partial charge in [0.05, 0.1) is 11.5 Å². The minimum Gasteiger partial charge on any atom is -0.387 e. The van der Waals surface area contributed by atoms with E-state index < -0.39 is 0 Å². The molecule has 0 aromatic heterocycles. The van der Waals surface area contributed by atoms with Crippen molar-refractivity contribution in [3.05, 3.63) is 29.8 Å². The van der Waals surface area contributed by atoms with Gasteiger partial charge in [0.15, 0.2) is 0 Å². The van der Waals surface area contributed by atoms with Gasteiger partial charge in [-0.25, -0.2) is 4.99 Å². The summed E-state index contributed by atoms with van der Waals surface area (Å²) < 4.78 is 0. The first-order valence-corrected chi connectivity index (χ1v) is 4.50. The number of hydrogen-bond acceptors (Lipinski definition) is 1. The molecule has 0 aliphatic rings. The van der Waals surface area contributed by atoms with Crippen molar-refractivity contribution in [2.75, 3.05) is 0 Å². The summed E-state index contributed by atoms with van der Waals surface area (Å²) in [6.07, 6.45) is 0. The third-order valence-electron chi connectivity index (χ3n) is 1.84. The Hall–Kier alpha value is -1.31. The molecular formula is C11H16N2. The summed E-state index contributed by atoms with van der Waals surface area (Å²) in [6.45, 7) is 6.12. The van der Waals surface area contributed by atoms with Crippen LogP contribution in [0, 0.1) is 0 Å². The van der Waals surface area contributed by atoms with Gasteiger partial charge in [0.25, 0.3) is 0 Å². The fourth-order valence-electron chi connectivity index (χ4n) is 1.16. The van der Waals surface area contributed by atoms with Crippen LogP contribution in [-0.4, -0.2) is 5.84 Å². The van der Waals surface area contributed by atoms with Gasteiger partial charge < -0.3 is 5.73 Å². The molecule has 13 heavy (non-hydrogen) atoms. The van der Waals surface area contributed by atoms with Gasteiger partial charge in [-0.2, -0.15) is 0 Å². The molecule has 70 valence electrons. The molecule has 1 aromatic carbocycles. The molecule has 1 aromatic rings. The summed E-state index contributed by atoms with van der Waals surface area (Å²) in [5, 5.41) is 0. The van der Waals surface area contributed by atoms with Gasteiger partial charge in [0.2, 0.25) is 0 Å². The number of aliphatic imine (C=N–C) groups is 1. The first-order chi connectivity index (χ1) is 6.09. The zero-order valence-electron chi connectivity index (χ0n) is 8.41. The normalized spacial score (nSPS) is 12.2. The quantitative estimate of drug-likeness (QED) is 0.546. The highest BCUT2D eigenvalue weighted by Gasteiger charge is 1.98. The smallest absolute Gasteiger partial charge is 0.0964 e. The van der Waals surface area contributed by atoms with Crippen LogP contribution >= 0.6 is 0 Å². The van der Waals surface area contributed by atoms with Gasteiger partial charge in [0.1, 0.15) is 0 Å². The largest absolute Gasteiger partial charge is 0.387 e. The average Bonchev–Trinajstić information content (AvgIpc) is 2.03. The van der Waals surface area contributed by atoms with E-state index in [1.165, 1.54) is 5.56 Å². The maximum Gasteiger partial charge on any atom is 0.0964 e. The van der Waals surface area contributed by atoms with Crippen molar-refractivity contribution in [3.63, 3.8) is 0 Å². The fourth-order valence-corrected chi connectivity index (χ4v) is 1.16. The first-order valence-electron chi connectivity index (χ1n) is 4.50. The molecular weight excluding hydrogens is 160 g/mol. The van der Waals surface area contributed by atoms with Crippen LogP contribution in [0.1, 0.15) is 32.3 Å². The van der Waals surface area contributed by atoms with Crippen LogP contribution in [-0.2, 0) is 0 Å². The second kappa shape index (κ2) is 4.08. The van der Waals surface area contributed by atoms with E-state index in [1.54, 1.807) is 6.92 Å². The summed E-state index contributed by atoms with van der Waals surface area (Å²) in [7, 11) is 0. The number of nitrogens with two attached hydrogens (primary N) is 1. The van der Waals surface area contributed by atoms with Crippen molar-refractivity contribution in [1.29, 1.82) is 0 Å². The molecule has 2 heteroatoms. The van der Waals surface area contributed by atoms with Crippen molar-refractivity contribution in [3.8, 4) is 0 Å². The molecule has 0 radical (unpaired) electrons. The molecule has 0 bridgehead atoms. The summed E-state index contributed by atoms with van der Waals surface area (Å²) in [6, 6.07) is 8.15. The van der Waals surface area contributed by atoms with E-state index in [4.69, 9.17) is 5.73 Å². The van der Waals surface area contributed by atoms with Gasteiger partial charge in [-0.1, -0.05) is 26.0 Å². The van der Waals surface area contributed by atoms with E-state index in [-0.39, 0.29) is 0 Å². The Morgan fingerprint density at radius 3 is 2.62 bits per heavy atom. The first kappa shape index (κ1) is 9.78. The predicted molar refractivity (Wildman–Crippen MR) is 57.5 cm³/mol. The van der Waals surface area contributed by atoms with E-state index in [2.05, 4.69) is 31.0 Å². The average molecular weight is 176 g/mol. The second-order valence-corrected chi connectivity index (χ2v) is 3.50. The Morgan fingerprint density at radius 1 is 1.38 bits per heavy atom. The molecule has 0 atom stereocenters. The summed E-state index contributed by atoms with van der Waals surface area (Å²) in [5.41, 5.74) is 7.73. The lowest BCUT2D eigenvalue weighted by molar-refractivity contribution is 0.867. The van der Waals surface area contributed by atoms with Crippen LogP contribution in [0.4, 0.5) is 5.69 Å². The van der Waals surface area contributed by atoms with E-state index in [0.29, 0.717) is 11.8 Å². The SMILES string of the molecule is CC(N)=Nc1cccc(C(C)C)c1. The van der Waals surface area contributed by atoms with E-state index in [1.807, 2.05) is 12.1 Å². The van der Waals surface area contributed by atoms with Crippen LogP contribution < -0.4 is 5.73 Å². The van der Waals surface area contributed by atoms with E-state index >= 15 is 0 Å². The number of benzene rings is 1. The summed E-state index contributed by atoms with van der Waals surface area (Å²) in [4.78, 5) is 4.20. The van der Waals surface area contributed by atoms with Crippen molar-refractivity contribution in [1.82, 2.24) is 0 Å². The Labute approximate surface area is 79.5 Å². The Morgan fingerprint density at radius 2 is 2.08 bits per heavy atom. The van der Waals surface area contributed by atoms with Gasteiger partial charge in [-0.15, -0.1) is 0 Å². The van der Waals surface area contributed by atoms with Gasteiger partial charge in [-0.05, 0) is 30.5 Å². The standard InChI is InChI=1S/C11H16N2/c1-8(2)10-5-4-6-11(7-10)13-9(3)12/h4-8H,1-3H3,(H2,12,13). The molecule has 0 spiro atoms. The van der Waals surface area contributed by atoms with Crippen LogP contribution in [0.5, 0.6) is 0 Å². The third-order valence-corrected chi connectivity index (χ3v) is 1.84. The minimum atomic E-state index is 0.535. The van der Waals surface area contributed by atoms with Crippen molar-refractivity contribution < 1.29 is 0 Å². The third kappa shape index (κ3) is 2.90. The molecule has 0 saturated heterocycles. The highest BCUT2D eigenvalue weighted by Crippen LogP contribution is 2.20. The maximum atomic E-state index is 5.50. The van der Waals surface area contributed by atoms with Crippen LogP contribution in [0.25, 0.3) is 0 Å². The fraction of sp³-hybridized carbons (Fsp3) is 0.364. The predicted octanol–water partition coefficient (Wildman–Crippen LogP) is 2.82. The zero-order chi connectivity index (χ0) is 9.84. The second-order valence-electron chi connectivity index (χ2n) is 3.50. The molecule has 0 amide bonds. The van der Waals surface area contributed by atoms with Crippen molar-refractivity contribution >= 4 is 11.5 Å². The zero-order valence-corrected chi connectivity index (χ0v) is 8.41. The monoisotopic (exact) mass is 176 g/mol. The number of hydrogen-bond donors (Lipinski definition) is 1. The van der Waals surface area contributed by atoms with Crippen LogP contribution in [0.15, 0.2) is 29.3 Å². The molecule has 2 nitrogen and oxygen atoms in total. The van der Waals surface area contributed by atoms with Gasteiger partial charge in [-0.3, -0.25) is 0 Å². The lowest BCUT2D eigenvalue weighted by Crippen LogP contribution is -2.03. The highest BCUT2D eigenvalue weighted by molar-refractivity contribution is 5.80. The number of nitrogens with zero attached hydrogens (tertiary/aromatic N) is 1. The van der Waals surface area contributed by atoms with Crippen molar-refractivity contribution in [2.24, 2.45) is 10.7 Å². The Balaban J connectivity index is 2.99. The van der Waals surface area contributed by atoms with E-state index in [0.717, 1.165) is 5.69 Å². The maximum absolute atomic E-state index is 5.50. The van der Waals surface area contributed by atoms with E-state index in [9.17, 15) is 0 Å². The molecule has 1 rings (SSSR count). The molecule has 0 saturated carbocycles. The van der Waals surface area contributed by atoms with Gasteiger partial charge in [0, 0.05) is 0 Å². The number of amidine groups is 1. The molecule has 0 aliphatic heterocycles. The molecule has 0 unspecified atom stereocenters. The minimum absolute atomic E-state index is 0.535. The number of rotatable bonds is 2. The van der Waals surface area contributed by atoms with Crippen LogP contribution in [0.3, 0.4) is 0 Å².